The Balaban J connectivity index is 1.82. The molecule has 1 aliphatic carbocycles. The Morgan fingerprint density at radius 2 is 1.77 bits per heavy atom. The fourth-order valence-electron chi connectivity index (χ4n) is 4.34. The van der Waals surface area contributed by atoms with Crippen LogP contribution in [0.15, 0.2) is 78.0 Å². The van der Waals surface area contributed by atoms with Gasteiger partial charge in [-0.2, -0.15) is 0 Å². The number of nitriles is 1. The second-order valence-electron chi connectivity index (χ2n) is 7.19. The van der Waals surface area contributed by atoms with Gasteiger partial charge in [-0.05, 0) is 29.2 Å². The zero-order valence-electron chi connectivity index (χ0n) is 16.2. The Morgan fingerprint density at radius 1 is 1.03 bits per heavy atom. The first kappa shape index (κ1) is 17.7. The minimum absolute atomic E-state index is 0.0666. The number of aromatic nitrogens is 1. The number of hydrogen-bond donors (Lipinski definition) is 0. The van der Waals surface area contributed by atoms with Crippen molar-refractivity contribution in [3.05, 3.63) is 106 Å². The van der Waals surface area contributed by atoms with E-state index in [-0.39, 0.29) is 11.5 Å². The first-order chi connectivity index (χ1) is 14.7. The van der Waals surface area contributed by atoms with Gasteiger partial charge in [0.05, 0.1) is 12.6 Å². The summed E-state index contributed by atoms with van der Waals surface area (Å²) in [6.07, 6.45) is 3.66. The highest BCUT2D eigenvalue weighted by molar-refractivity contribution is 6.28. The van der Waals surface area contributed by atoms with E-state index in [1.807, 2.05) is 37.4 Å². The van der Waals surface area contributed by atoms with E-state index in [4.69, 9.17) is 6.57 Å². The van der Waals surface area contributed by atoms with Crippen LogP contribution in [0.5, 0.6) is 0 Å². The second-order valence-corrected chi connectivity index (χ2v) is 7.19. The average molecular weight is 385 g/mol. The molecule has 0 amide bonds. The maximum atomic E-state index is 13.1. The molecule has 0 radical (unpaired) electrons. The molecule has 5 rings (SSSR count). The van der Waals surface area contributed by atoms with Gasteiger partial charge in [0.15, 0.2) is 5.78 Å². The van der Waals surface area contributed by atoms with Crippen LogP contribution in [0.25, 0.3) is 38.2 Å². The zero-order chi connectivity index (χ0) is 20.8. The van der Waals surface area contributed by atoms with E-state index in [0.717, 1.165) is 21.6 Å². The Morgan fingerprint density at radius 3 is 2.50 bits per heavy atom. The number of carbonyl (C=O) groups is 1. The number of fused-ring (bicyclic) bond motifs is 1. The lowest BCUT2D eigenvalue weighted by Crippen LogP contribution is -2.11. The van der Waals surface area contributed by atoms with E-state index in [2.05, 4.69) is 33.7 Å². The van der Waals surface area contributed by atoms with Gasteiger partial charge in [-0.3, -0.25) is 4.79 Å². The van der Waals surface area contributed by atoms with Gasteiger partial charge >= 0.3 is 0 Å². The molecule has 0 saturated heterocycles. The van der Waals surface area contributed by atoms with E-state index in [1.54, 1.807) is 24.3 Å². The number of benzene rings is 3. The van der Waals surface area contributed by atoms with Gasteiger partial charge in [0.2, 0.25) is 0 Å². The first-order valence-electron chi connectivity index (χ1n) is 9.50. The molecule has 4 heteroatoms. The first-order valence-corrected chi connectivity index (χ1v) is 9.50. The molecule has 1 aromatic heterocycles. The lowest BCUT2D eigenvalue weighted by atomic mass is 10.0. The molecule has 4 nitrogen and oxygen atoms in total. The lowest BCUT2D eigenvalue weighted by molar-refractivity contribution is 0.104. The molecule has 4 aromatic rings. The van der Waals surface area contributed by atoms with Crippen molar-refractivity contribution >= 4 is 39.1 Å². The smallest absolute Gasteiger partial charge is 0.270 e. The fraction of sp³-hybridized carbons (Fsp3) is 0.0385. The van der Waals surface area contributed by atoms with Crippen LogP contribution in [0.3, 0.4) is 0 Å². The third kappa shape index (κ3) is 2.35. The largest absolute Gasteiger partial charge is 0.344 e. The summed E-state index contributed by atoms with van der Waals surface area (Å²) in [5.41, 5.74) is 3.02. The van der Waals surface area contributed by atoms with Gasteiger partial charge in [-0.25, -0.2) is 10.1 Å². The number of hydrogen-bond acceptors (Lipinski definition) is 2. The molecule has 0 saturated carbocycles. The van der Waals surface area contributed by atoms with E-state index in [9.17, 15) is 10.1 Å². The quantitative estimate of drug-likeness (QED) is 0.268. The number of allylic oxidation sites excluding steroid dienone is 4. The topological polar surface area (TPSA) is 50.1 Å². The number of aryl methyl sites for hydroxylation is 1. The summed E-state index contributed by atoms with van der Waals surface area (Å²) in [6, 6.07) is 21.5. The minimum Gasteiger partial charge on any atom is -0.344 e. The van der Waals surface area contributed by atoms with Crippen LogP contribution in [0.4, 0.5) is 0 Å². The zero-order valence-corrected chi connectivity index (χ0v) is 16.2. The maximum Gasteiger partial charge on any atom is 0.270 e. The molecule has 0 bridgehead atoms. The Bertz CT molecular complexity index is 1560. The SMILES string of the molecule is [C-]#[N+]\C(C#N)=C1/C(=C/C=c2\c3cccc4cccc(c43)n2C)C(=O)c2ccccc21. The van der Waals surface area contributed by atoms with Crippen LogP contribution in [-0.4, -0.2) is 10.4 Å². The van der Waals surface area contributed by atoms with Crippen LogP contribution in [-0.2, 0) is 7.05 Å². The van der Waals surface area contributed by atoms with Crippen LogP contribution in [0.1, 0.15) is 15.9 Å². The van der Waals surface area contributed by atoms with Gasteiger partial charge in [-0.15, -0.1) is 0 Å². The Hall–Kier alpha value is -4.41. The molecule has 0 N–H and O–H groups in total. The van der Waals surface area contributed by atoms with E-state index < -0.39 is 0 Å². The van der Waals surface area contributed by atoms with Gasteiger partial charge in [0.25, 0.3) is 5.70 Å². The Labute approximate surface area is 173 Å². The van der Waals surface area contributed by atoms with E-state index in [0.29, 0.717) is 22.3 Å². The van der Waals surface area contributed by atoms with Crippen LogP contribution >= 0.6 is 0 Å². The summed E-state index contributed by atoms with van der Waals surface area (Å²) in [6.45, 7) is 7.40. The number of rotatable bonds is 1. The molecule has 0 aliphatic heterocycles. The summed E-state index contributed by atoms with van der Waals surface area (Å²) in [5, 5.41) is 13.9. The highest BCUT2D eigenvalue weighted by Crippen LogP contribution is 2.39. The normalized spacial score (nSPS) is 16.8. The summed E-state index contributed by atoms with van der Waals surface area (Å²) in [4.78, 5) is 16.5. The molecule has 0 atom stereocenters. The summed E-state index contributed by atoms with van der Waals surface area (Å²) < 4.78 is 2.10. The Kier molecular flexibility index (Phi) is 3.88. The number of carbonyl (C=O) groups excluding carboxylic acids is 1. The molecule has 140 valence electrons. The van der Waals surface area contributed by atoms with Crippen molar-refractivity contribution in [3.8, 4) is 6.07 Å². The van der Waals surface area contributed by atoms with Crippen LogP contribution < -0.4 is 5.35 Å². The minimum atomic E-state index is -0.162. The van der Waals surface area contributed by atoms with Crippen molar-refractivity contribution in [1.29, 1.82) is 5.26 Å². The molecule has 0 unspecified atom stereocenters. The van der Waals surface area contributed by atoms with Crippen molar-refractivity contribution in [3.63, 3.8) is 0 Å². The summed E-state index contributed by atoms with van der Waals surface area (Å²) >= 11 is 0. The van der Waals surface area contributed by atoms with Gasteiger partial charge in [0, 0.05) is 45.4 Å². The second kappa shape index (κ2) is 6.58. The number of ketones is 1. The molecule has 0 spiro atoms. The molecular weight excluding hydrogens is 370 g/mol. The third-order valence-corrected chi connectivity index (χ3v) is 5.70. The van der Waals surface area contributed by atoms with Crippen molar-refractivity contribution in [1.82, 2.24) is 4.57 Å². The monoisotopic (exact) mass is 385 g/mol. The van der Waals surface area contributed by atoms with E-state index in [1.165, 1.54) is 5.39 Å². The third-order valence-electron chi connectivity index (χ3n) is 5.70. The molecule has 30 heavy (non-hydrogen) atoms. The van der Waals surface area contributed by atoms with Gasteiger partial charge in [-0.1, -0.05) is 54.6 Å². The summed E-state index contributed by atoms with van der Waals surface area (Å²) in [7, 11) is 2.00. The highest BCUT2D eigenvalue weighted by Gasteiger charge is 2.31. The predicted molar refractivity (Wildman–Crippen MR) is 118 cm³/mol. The standard InChI is InChI=1S/C26H15N3O/c1-28-21(15-27)25-17-9-3-4-10-18(17)26(30)20(25)13-14-22-19-11-5-7-16-8-6-12-23(24(16)19)29(22)2/h3-14H,2H3/b20-13-,22-14+,25-21-. The molecule has 0 fully saturated rings. The maximum absolute atomic E-state index is 13.1. The molecule has 1 heterocycles. The molecule has 1 aliphatic rings. The number of nitrogens with zero attached hydrogens (tertiary/aromatic N) is 3. The average Bonchev–Trinajstić information content (AvgIpc) is 3.22. The molecular formula is C26H15N3O. The van der Waals surface area contributed by atoms with Crippen molar-refractivity contribution in [2.75, 3.05) is 0 Å². The molecule has 3 aromatic carbocycles. The summed E-state index contributed by atoms with van der Waals surface area (Å²) in [5.74, 6) is -0.162. The van der Waals surface area contributed by atoms with Crippen molar-refractivity contribution in [2.24, 2.45) is 7.05 Å². The van der Waals surface area contributed by atoms with Crippen LogP contribution in [0.2, 0.25) is 0 Å². The van der Waals surface area contributed by atoms with E-state index >= 15 is 0 Å². The lowest BCUT2D eigenvalue weighted by Gasteiger charge is -2.01. The van der Waals surface area contributed by atoms with Gasteiger partial charge in [0.1, 0.15) is 0 Å². The van der Waals surface area contributed by atoms with Crippen molar-refractivity contribution < 1.29 is 4.79 Å². The predicted octanol–water partition coefficient (Wildman–Crippen LogP) is 4.81. The number of Topliss-reactive ketones (excluding diaryl/α,β-unsaturated/α-hetero) is 1. The fourth-order valence-corrected chi connectivity index (χ4v) is 4.34. The van der Waals surface area contributed by atoms with Crippen molar-refractivity contribution in [2.45, 2.75) is 0 Å². The van der Waals surface area contributed by atoms with Crippen LogP contribution in [0, 0.1) is 17.9 Å². The van der Waals surface area contributed by atoms with Gasteiger partial charge < -0.3 is 4.57 Å². The highest BCUT2D eigenvalue weighted by atomic mass is 16.1.